The van der Waals surface area contributed by atoms with E-state index in [0.717, 1.165) is 12.0 Å². The van der Waals surface area contributed by atoms with E-state index in [4.69, 9.17) is 18.9 Å². The quantitative estimate of drug-likeness (QED) is 0.0575. The van der Waals surface area contributed by atoms with Crippen molar-refractivity contribution in [3.8, 4) is 0 Å². The second kappa shape index (κ2) is 29.5. The SMILES string of the molecule is CC(C)CCC(=O)NCCOCCOCCOCCOCCC(=O)NCC(=O)NCC(=O)N[C@@H](Cc1ccccc1)C(=O)NCC(=O)NCC(C)C. The van der Waals surface area contributed by atoms with Gasteiger partial charge in [0.25, 0.3) is 0 Å². The summed E-state index contributed by atoms with van der Waals surface area (Å²) in [5.41, 5.74) is 0.798. The predicted octanol–water partition coefficient (Wildman–Crippen LogP) is -0.156. The Kier molecular flexibility index (Phi) is 26.0. The zero-order valence-corrected chi connectivity index (χ0v) is 31.2. The van der Waals surface area contributed by atoms with Gasteiger partial charge in [-0.25, -0.2) is 0 Å². The van der Waals surface area contributed by atoms with E-state index in [1.165, 1.54) is 0 Å². The lowest BCUT2D eigenvalue weighted by Gasteiger charge is -2.19. The maximum atomic E-state index is 12.8. The van der Waals surface area contributed by atoms with Gasteiger partial charge in [0.2, 0.25) is 35.4 Å². The van der Waals surface area contributed by atoms with Gasteiger partial charge in [-0.15, -0.1) is 0 Å². The molecule has 6 amide bonds. The van der Waals surface area contributed by atoms with Crippen molar-refractivity contribution in [3.63, 3.8) is 0 Å². The number of amides is 6. The first-order valence-electron chi connectivity index (χ1n) is 17.9. The predicted molar refractivity (Wildman–Crippen MR) is 194 cm³/mol. The minimum absolute atomic E-state index is 0.0320. The fourth-order valence-electron chi connectivity index (χ4n) is 4.18. The maximum absolute atomic E-state index is 12.8. The van der Waals surface area contributed by atoms with Crippen molar-refractivity contribution in [2.45, 2.75) is 59.4 Å². The Bertz CT molecular complexity index is 1190. The van der Waals surface area contributed by atoms with E-state index in [2.05, 4.69) is 45.7 Å². The monoisotopic (exact) mass is 736 g/mol. The van der Waals surface area contributed by atoms with Gasteiger partial charge in [0, 0.05) is 32.4 Å². The molecule has 0 aliphatic carbocycles. The molecule has 6 N–H and O–H groups in total. The summed E-state index contributed by atoms with van der Waals surface area (Å²) in [4.78, 5) is 73.4. The Morgan fingerprint density at radius 2 is 1.06 bits per heavy atom. The molecule has 16 heteroatoms. The van der Waals surface area contributed by atoms with E-state index in [1.807, 2.05) is 44.2 Å². The molecular formula is C36H60N6O10. The molecule has 1 aromatic rings. The summed E-state index contributed by atoms with van der Waals surface area (Å²) in [6.45, 7) is 10.8. The molecule has 0 saturated carbocycles. The van der Waals surface area contributed by atoms with Crippen molar-refractivity contribution in [3.05, 3.63) is 35.9 Å². The minimum atomic E-state index is -0.981. The summed E-state index contributed by atoms with van der Waals surface area (Å²) in [6, 6.07) is 8.08. The van der Waals surface area contributed by atoms with E-state index in [1.54, 1.807) is 0 Å². The molecule has 0 fully saturated rings. The topological polar surface area (TPSA) is 212 Å². The van der Waals surface area contributed by atoms with Gasteiger partial charge in [-0.1, -0.05) is 58.0 Å². The number of carbonyl (C=O) groups excluding carboxylic acids is 6. The molecular weight excluding hydrogens is 676 g/mol. The van der Waals surface area contributed by atoms with Gasteiger partial charge in [-0.3, -0.25) is 28.8 Å². The van der Waals surface area contributed by atoms with Gasteiger partial charge < -0.3 is 50.8 Å². The summed E-state index contributed by atoms with van der Waals surface area (Å²) in [7, 11) is 0. The van der Waals surface area contributed by atoms with Crippen molar-refractivity contribution in [2.24, 2.45) is 11.8 Å². The van der Waals surface area contributed by atoms with Crippen LogP contribution < -0.4 is 31.9 Å². The molecule has 0 aliphatic rings. The molecule has 1 rings (SSSR count). The molecule has 0 aromatic heterocycles. The number of nitrogens with one attached hydrogen (secondary N) is 6. The molecule has 1 aromatic carbocycles. The third-order valence-electron chi connectivity index (χ3n) is 7.06. The molecule has 0 spiro atoms. The van der Waals surface area contributed by atoms with E-state index >= 15 is 0 Å². The third-order valence-corrected chi connectivity index (χ3v) is 7.06. The van der Waals surface area contributed by atoms with Gasteiger partial charge in [-0.2, -0.15) is 0 Å². The first-order chi connectivity index (χ1) is 25.0. The Labute approximate surface area is 307 Å². The summed E-state index contributed by atoms with van der Waals surface area (Å²) in [5, 5.41) is 15.6. The Hall–Kier alpha value is -4.12. The summed E-state index contributed by atoms with van der Waals surface area (Å²) in [5.74, 6) is -1.68. The Balaban J connectivity index is 2.12. The molecule has 0 bridgehead atoms. The first kappa shape index (κ1) is 45.9. The van der Waals surface area contributed by atoms with E-state index in [9.17, 15) is 28.8 Å². The van der Waals surface area contributed by atoms with Crippen molar-refractivity contribution < 1.29 is 47.7 Å². The number of hydrogen-bond donors (Lipinski definition) is 6. The second-order valence-corrected chi connectivity index (χ2v) is 12.8. The molecule has 0 saturated heterocycles. The molecule has 294 valence electrons. The summed E-state index contributed by atoms with van der Waals surface area (Å²) in [6.07, 6.45) is 1.61. The van der Waals surface area contributed by atoms with Gasteiger partial charge in [0.1, 0.15) is 6.04 Å². The highest BCUT2D eigenvalue weighted by Crippen LogP contribution is 2.04. The normalized spacial score (nSPS) is 11.5. The number of benzene rings is 1. The van der Waals surface area contributed by atoms with Crippen LogP contribution in [0.25, 0.3) is 0 Å². The van der Waals surface area contributed by atoms with Crippen LogP contribution in [0.15, 0.2) is 30.3 Å². The van der Waals surface area contributed by atoms with Crippen LogP contribution in [0.3, 0.4) is 0 Å². The highest BCUT2D eigenvalue weighted by Gasteiger charge is 2.22. The zero-order valence-electron chi connectivity index (χ0n) is 31.2. The lowest BCUT2D eigenvalue weighted by atomic mass is 10.1. The number of carbonyl (C=O) groups is 6. The Morgan fingerprint density at radius 1 is 0.538 bits per heavy atom. The van der Waals surface area contributed by atoms with Gasteiger partial charge >= 0.3 is 0 Å². The smallest absolute Gasteiger partial charge is 0.243 e. The maximum Gasteiger partial charge on any atom is 0.243 e. The highest BCUT2D eigenvalue weighted by molar-refractivity contribution is 5.92. The van der Waals surface area contributed by atoms with Crippen LogP contribution in [0.4, 0.5) is 0 Å². The molecule has 0 aliphatic heterocycles. The molecule has 0 heterocycles. The highest BCUT2D eigenvalue weighted by atomic mass is 16.6. The van der Waals surface area contributed by atoms with Crippen LogP contribution in [0.1, 0.15) is 52.5 Å². The van der Waals surface area contributed by atoms with Crippen LogP contribution in [0.2, 0.25) is 0 Å². The number of rotatable bonds is 30. The Morgan fingerprint density at radius 3 is 1.67 bits per heavy atom. The van der Waals surface area contributed by atoms with Crippen molar-refractivity contribution in [1.82, 2.24) is 31.9 Å². The third kappa shape index (κ3) is 26.7. The number of hydrogen-bond acceptors (Lipinski definition) is 10. The van der Waals surface area contributed by atoms with Crippen LogP contribution in [0.5, 0.6) is 0 Å². The van der Waals surface area contributed by atoms with Gasteiger partial charge in [0.05, 0.1) is 72.5 Å². The summed E-state index contributed by atoms with van der Waals surface area (Å²) >= 11 is 0. The van der Waals surface area contributed by atoms with E-state index in [0.29, 0.717) is 65.1 Å². The summed E-state index contributed by atoms with van der Waals surface area (Å²) < 4.78 is 21.6. The molecule has 16 nitrogen and oxygen atoms in total. The number of ether oxygens (including phenoxy) is 4. The lowest BCUT2D eigenvalue weighted by molar-refractivity contribution is -0.131. The molecule has 0 unspecified atom stereocenters. The molecule has 0 radical (unpaired) electrons. The first-order valence-corrected chi connectivity index (χ1v) is 17.9. The van der Waals surface area contributed by atoms with Crippen molar-refractivity contribution >= 4 is 35.4 Å². The van der Waals surface area contributed by atoms with Crippen LogP contribution >= 0.6 is 0 Å². The van der Waals surface area contributed by atoms with Crippen molar-refractivity contribution in [1.29, 1.82) is 0 Å². The zero-order chi connectivity index (χ0) is 38.4. The minimum Gasteiger partial charge on any atom is -0.379 e. The van der Waals surface area contributed by atoms with E-state index in [-0.39, 0.29) is 56.9 Å². The van der Waals surface area contributed by atoms with Gasteiger partial charge in [0.15, 0.2) is 0 Å². The molecule has 52 heavy (non-hydrogen) atoms. The fourth-order valence-corrected chi connectivity index (χ4v) is 4.18. The van der Waals surface area contributed by atoms with Crippen LogP contribution in [-0.2, 0) is 54.1 Å². The standard InChI is InChI=1S/C36H60N6O10/c1-27(2)10-11-31(43)37-13-15-50-17-19-52-21-20-51-18-16-49-14-12-32(44)39-24-33(45)40-26-35(47)42-30(22-29-8-6-5-7-9-29)36(48)41-25-34(46)38-23-28(3)4/h5-9,27-28,30H,10-26H2,1-4H3,(H,37,43)(H,38,46)(H,39,44)(H,40,45)(H,41,48)(H,42,47)/t30-/m0/s1. The lowest BCUT2D eigenvalue weighted by Crippen LogP contribution is -2.52. The average Bonchev–Trinajstić information content (AvgIpc) is 3.12. The second-order valence-electron chi connectivity index (χ2n) is 12.8. The van der Waals surface area contributed by atoms with Gasteiger partial charge in [-0.05, 0) is 23.8 Å². The molecule has 1 atom stereocenters. The largest absolute Gasteiger partial charge is 0.379 e. The van der Waals surface area contributed by atoms with Crippen LogP contribution in [0, 0.1) is 11.8 Å². The fraction of sp³-hybridized carbons (Fsp3) is 0.667. The van der Waals surface area contributed by atoms with Crippen molar-refractivity contribution in [2.75, 3.05) is 85.6 Å². The van der Waals surface area contributed by atoms with Crippen LogP contribution in [-0.4, -0.2) is 127 Å². The van der Waals surface area contributed by atoms with E-state index < -0.39 is 36.2 Å². The average molecular weight is 737 g/mol.